The predicted molar refractivity (Wildman–Crippen MR) is 75.9 cm³/mol. The fraction of sp³-hybridized carbons (Fsp3) is 0.667. The Balaban J connectivity index is 1.98. The van der Waals surface area contributed by atoms with Crippen molar-refractivity contribution in [3.63, 3.8) is 0 Å². The zero-order valence-electron chi connectivity index (χ0n) is 11.0. The summed E-state index contributed by atoms with van der Waals surface area (Å²) in [6.07, 6.45) is 5.16. The van der Waals surface area contributed by atoms with Gasteiger partial charge >= 0.3 is 0 Å². The fourth-order valence-corrected chi connectivity index (χ4v) is 2.44. The largest absolute Gasteiger partial charge is 0.388 e. The number of hydrogen-bond acceptors (Lipinski definition) is 6. The molecule has 0 unspecified atom stereocenters. The van der Waals surface area contributed by atoms with Crippen molar-refractivity contribution in [1.82, 2.24) is 9.97 Å². The van der Waals surface area contributed by atoms with E-state index in [4.69, 9.17) is 17.4 Å². The maximum Gasteiger partial charge on any atom is 0.239 e. The number of rotatable bonds is 4. The van der Waals surface area contributed by atoms with Crippen molar-refractivity contribution >= 4 is 23.4 Å². The first-order chi connectivity index (χ1) is 9.02. The molecular formula is C12H20ClN5O. The molecule has 1 fully saturated rings. The van der Waals surface area contributed by atoms with E-state index in [0.29, 0.717) is 23.3 Å². The van der Waals surface area contributed by atoms with E-state index in [0.717, 1.165) is 25.7 Å². The van der Waals surface area contributed by atoms with E-state index >= 15 is 0 Å². The number of hydrazine groups is 1. The molecule has 1 aromatic rings. The zero-order valence-corrected chi connectivity index (χ0v) is 11.7. The number of aromatic nitrogens is 2. The molecule has 19 heavy (non-hydrogen) atoms. The van der Waals surface area contributed by atoms with E-state index in [1.807, 2.05) is 0 Å². The Morgan fingerprint density at radius 2 is 2.21 bits per heavy atom. The molecule has 2 rings (SSSR count). The highest BCUT2D eigenvalue weighted by atomic mass is 35.5. The van der Waals surface area contributed by atoms with Gasteiger partial charge in [-0.15, -0.1) is 0 Å². The van der Waals surface area contributed by atoms with Gasteiger partial charge in [0.25, 0.3) is 0 Å². The number of nitrogens with two attached hydrogens (primary N) is 1. The molecule has 0 atom stereocenters. The predicted octanol–water partition coefficient (Wildman–Crippen LogP) is 1.77. The van der Waals surface area contributed by atoms with Crippen LogP contribution in [0.1, 0.15) is 32.6 Å². The smallest absolute Gasteiger partial charge is 0.239 e. The quantitative estimate of drug-likeness (QED) is 0.497. The average Bonchev–Trinajstić information content (AvgIpc) is 2.42. The van der Waals surface area contributed by atoms with Crippen LogP contribution in [0, 0.1) is 5.92 Å². The highest BCUT2D eigenvalue weighted by Crippen LogP contribution is 2.32. The molecule has 0 spiro atoms. The normalized spacial score (nSPS) is 27.1. The molecule has 7 heteroatoms. The molecule has 0 amide bonds. The summed E-state index contributed by atoms with van der Waals surface area (Å²) in [5.74, 6) is 6.72. The number of hydrogen-bond donors (Lipinski definition) is 4. The summed E-state index contributed by atoms with van der Waals surface area (Å²) in [5.41, 5.74) is 1.68. The molecule has 0 aromatic carbocycles. The molecule has 0 saturated heterocycles. The van der Waals surface area contributed by atoms with Gasteiger partial charge in [0.05, 0.1) is 11.8 Å². The third kappa shape index (κ3) is 3.68. The Morgan fingerprint density at radius 3 is 2.84 bits per heavy atom. The van der Waals surface area contributed by atoms with Crippen molar-refractivity contribution in [2.75, 3.05) is 17.3 Å². The third-order valence-corrected chi connectivity index (χ3v) is 3.94. The molecule has 106 valence electrons. The van der Waals surface area contributed by atoms with Crippen molar-refractivity contribution in [2.24, 2.45) is 11.8 Å². The van der Waals surface area contributed by atoms with Gasteiger partial charge in [-0.2, -0.15) is 4.98 Å². The average molecular weight is 286 g/mol. The Kier molecular flexibility index (Phi) is 4.44. The van der Waals surface area contributed by atoms with Gasteiger partial charge in [0.1, 0.15) is 5.02 Å². The van der Waals surface area contributed by atoms with Crippen molar-refractivity contribution in [3.8, 4) is 0 Å². The SMILES string of the molecule is CC1CCC(O)(CNc2nc(NN)ncc2Cl)CC1. The van der Waals surface area contributed by atoms with Gasteiger partial charge in [0.2, 0.25) is 5.95 Å². The number of nitrogens with zero attached hydrogens (tertiary/aromatic N) is 2. The van der Waals surface area contributed by atoms with Crippen LogP contribution in [0.3, 0.4) is 0 Å². The minimum absolute atomic E-state index is 0.288. The van der Waals surface area contributed by atoms with Crippen LogP contribution < -0.4 is 16.6 Å². The molecule has 1 aliphatic rings. The second-order valence-corrected chi connectivity index (χ2v) is 5.70. The highest BCUT2D eigenvalue weighted by molar-refractivity contribution is 6.32. The first-order valence-electron chi connectivity index (χ1n) is 6.48. The summed E-state index contributed by atoms with van der Waals surface area (Å²) in [6, 6.07) is 0. The topological polar surface area (TPSA) is 96.1 Å². The maximum absolute atomic E-state index is 10.5. The molecule has 1 aliphatic carbocycles. The van der Waals surface area contributed by atoms with Gasteiger partial charge in [-0.25, -0.2) is 10.8 Å². The number of halogens is 1. The summed E-state index contributed by atoms with van der Waals surface area (Å²) in [4.78, 5) is 8.02. The molecule has 6 nitrogen and oxygen atoms in total. The van der Waals surface area contributed by atoms with E-state index < -0.39 is 5.60 Å². The Labute approximate surface area is 117 Å². The zero-order chi connectivity index (χ0) is 13.9. The minimum atomic E-state index is -0.683. The molecule has 1 aromatic heterocycles. The maximum atomic E-state index is 10.5. The van der Waals surface area contributed by atoms with Crippen LogP contribution in [0.5, 0.6) is 0 Å². The lowest BCUT2D eigenvalue weighted by Crippen LogP contribution is -2.40. The van der Waals surface area contributed by atoms with Gasteiger partial charge in [-0.1, -0.05) is 18.5 Å². The van der Waals surface area contributed by atoms with Crippen LogP contribution in [-0.2, 0) is 0 Å². The molecular weight excluding hydrogens is 266 g/mol. The number of aliphatic hydroxyl groups is 1. The fourth-order valence-electron chi connectivity index (χ4n) is 2.29. The summed E-state index contributed by atoms with van der Waals surface area (Å²) in [5, 5.41) is 14.0. The summed E-state index contributed by atoms with van der Waals surface area (Å²) in [7, 11) is 0. The first kappa shape index (κ1) is 14.3. The van der Waals surface area contributed by atoms with E-state index in [2.05, 4.69) is 27.6 Å². The number of nitrogens with one attached hydrogen (secondary N) is 2. The monoisotopic (exact) mass is 285 g/mol. The summed E-state index contributed by atoms with van der Waals surface area (Å²) in [6.45, 7) is 2.65. The van der Waals surface area contributed by atoms with Crippen LogP contribution >= 0.6 is 11.6 Å². The number of nitrogen functional groups attached to an aromatic ring is 1. The van der Waals surface area contributed by atoms with Crippen LogP contribution in [-0.4, -0.2) is 27.2 Å². The molecule has 5 N–H and O–H groups in total. The van der Waals surface area contributed by atoms with Crippen LogP contribution in [0.15, 0.2) is 6.20 Å². The van der Waals surface area contributed by atoms with Gasteiger partial charge in [-0.3, -0.25) is 5.43 Å². The Morgan fingerprint density at radius 1 is 1.53 bits per heavy atom. The summed E-state index contributed by atoms with van der Waals surface area (Å²) < 4.78 is 0. The molecule has 0 bridgehead atoms. The standard InChI is InChI=1S/C12H20ClN5O/c1-8-2-4-12(19,5-3-8)7-16-10-9(13)6-15-11(17-10)18-14/h6,8,19H,2-5,7,14H2,1H3,(H2,15,16,17,18). The second-order valence-electron chi connectivity index (χ2n) is 5.29. The highest BCUT2D eigenvalue weighted by Gasteiger charge is 2.31. The third-order valence-electron chi connectivity index (χ3n) is 3.66. The summed E-state index contributed by atoms with van der Waals surface area (Å²) >= 11 is 6.00. The second kappa shape index (κ2) is 5.90. The van der Waals surface area contributed by atoms with Crippen molar-refractivity contribution < 1.29 is 5.11 Å². The van der Waals surface area contributed by atoms with Crippen LogP contribution in [0.25, 0.3) is 0 Å². The van der Waals surface area contributed by atoms with Gasteiger partial charge in [0, 0.05) is 6.54 Å². The van der Waals surface area contributed by atoms with Gasteiger partial charge in [0.15, 0.2) is 5.82 Å². The molecule has 1 heterocycles. The first-order valence-corrected chi connectivity index (χ1v) is 6.85. The van der Waals surface area contributed by atoms with Crippen molar-refractivity contribution in [3.05, 3.63) is 11.2 Å². The van der Waals surface area contributed by atoms with Crippen LogP contribution in [0.4, 0.5) is 11.8 Å². The number of anilines is 2. The molecule has 0 aliphatic heterocycles. The van der Waals surface area contributed by atoms with E-state index in [1.165, 1.54) is 6.20 Å². The Hall–Kier alpha value is -1.11. The van der Waals surface area contributed by atoms with Crippen LogP contribution in [0.2, 0.25) is 5.02 Å². The lowest BCUT2D eigenvalue weighted by Gasteiger charge is -2.35. The minimum Gasteiger partial charge on any atom is -0.388 e. The lowest BCUT2D eigenvalue weighted by atomic mass is 9.79. The van der Waals surface area contributed by atoms with Crippen molar-refractivity contribution in [2.45, 2.75) is 38.2 Å². The lowest BCUT2D eigenvalue weighted by molar-refractivity contribution is 0.00495. The van der Waals surface area contributed by atoms with Crippen molar-refractivity contribution in [1.29, 1.82) is 0 Å². The molecule has 1 saturated carbocycles. The van der Waals surface area contributed by atoms with E-state index in [9.17, 15) is 5.11 Å². The van der Waals surface area contributed by atoms with E-state index in [1.54, 1.807) is 0 Å². The molecule has 0 radical (unpaired) electrons. The Bertz CT molecular complexity index is 434. The van der Waals surface area contributed by atoms with Gasteiger partial charge < -0.3 is 10.4 Å². The van der Waals surface area contributed by atoms with E-state index in [-0.39, 0.29) is 5.95 Å². The van der Waals surface area contributed by atoms with Gasteiger partial charge in [-0.05, 0) is 31.6 Å².